The normalized spacial score (nSPS) is 10.3. The molecule has 2 aromatic carbocycles. The Bertz CT molecular complexity index is 694. The number of amides is 1. The van der Waals surface area contributed by atoms with Gasteiger partial charge in [-0.3, -0.25) is 4.79 Å². The van der Waals surface area contributed by atoms with E-state index in [1.54, 1.807) is 25.1 Å². The summed E-state index contributed by atoms with van der Waals surface area (Å²) in [6.07, 6.45) is 0. The number of anilines is 1. The van der Waals surface area contributed by atoms with Crippen LogP contribution in [0, 0.1) is 12.7 Å². The summed E-state index contributed by atoms with van der Waals surface area (Å²) in [6.45, 7) is 1.76. The maximum atomic E-state index is 14.0. The smallest absolute Gasteiger partial charge is 0.423 e. The molecule has 0 aliphatic carbocycles. The quantitative estimate of drug-likeness (QED) is 0.756. The Morgan fingerprint density at radius 2 is 2.00 bits per heavy atom. The fraction of sp³-hybridized carbons (Fsp3) is 0.0714. The van der Waals surface area contributed by atoms with E-state index in [0.29, 0.717) is 10.7 Å². The van der Waals surface area contributed by atoms with Gasteiger partial charge in [0.2, 0.25) is 0 Å². The van der Waals surface area contributed by atoms with Crippen molar-refractivity contribution in [3.8, 4) is 0 Å². The van der Waals surface area contributed by atoms with Crippen molar-refractivity contribution >= 4 is 35.8 Å². The maximum absolute atomic E-state index is 14.0. The molecule has 21 heavy (non-hydrogen) atoms. The van der Waals surface area contributed by atoms with Gasteiger partial charge in [0, 0.05) is 16.2 Å². The van der Waals surface area contributed by atoms with Crippen LogP contribution in [0.3, 0.4) is 0 Å². The number of nitrogens with one attached hydrogen (secondary N) is 1. The standard InChI is InChI=1S/C14H12BClFNO3/c1-8-7-9(16)5-6-12(8)18-14(19)10-3-2-4-11(13(10)17)15(20)21/h2-7,20-21H,1H3,(H,18,19). The second kappa shape index (κ2) is 6.26. The molecular formula is C14H12BClFNO3. The van der Waals surface area contributed by atoms with Crippen LogP contribution in [0.1, 0.15) is 15.9 Å². The van der Waals surface area contributed by atoms with E-state index in [4.69, 9.17) is 21.6 Å². The average molecular weight is 308 g/mol. The Kier molecular flexibility index (Phi) is 4.62. The highest BCUT2D eigenvalue weighted by Crippen LogP contribution is 2.20. The second-order valence-electron chi connectivity index (χ2n) is 4.50. The van der Waals surface area contributed by atoms with E-state index in [-0.39, 0.29) is 11.0 Å². The molecule has 0 saturated carbocycles. The minimum absolute atomic E-state index is 0.269. The Morgan fingerprint density at radius 3 is 2.62 bits per heavy atom. The second-order valence-corrected chi connectivity index (χ2v) is 4.93. The Morgan fingerprint density at radius 1 is 1.29 bits per heavy atom. The number of carbonyl (C=O) groups is 1. The Hall–Kier alpha value is -1.89. The molecule has 2 rings (SSSR count). The molecule has 0 atom stereocenters. The molecule has 108 valence electrons. The van der Waals surface area contributed by atoms with Crippen LogP contribution in [0.4, 0.5) is 10.1 Å². The maximum Gasteiger partial charge on any atom is 0.491 e. The van der Waals surface area contributed by atoms with E-state index in [0.717, 1.165) is 5.56 Å². The predicted octanol–water partition coefficient (Wildman–Crippen LogP) is 1.72. The van der Waals surface area contributed by atoms with Gasteiger partial charge in [0.15, 0.2) is 0 Å². The van der Waals surface area contributed by atoms with Crippen LogP contribution in [-0.2, 0) is 0 Å². The SMILES string of the molecule is Cc1cc(Cl)ccc1NC(=O)c1cccc(B(O)O)c1F. The zero-order valence-corrected chi connectivity index (χ0v) is 11.9. The van der Waals surface area contributed by atoms with E-state index in [1.807, 2.05) is 0 Å². The molecule has 0 heterocycles. The first-order valence-corrected chi connectivity index (χ1v) is 6.50. The van der Waals surface area contributed by atoms with Crippen LogP contribution in [-0.4, -0.2) is 23.1 Å². The van der Waals surface area contributed by atoms with E-state index >= 15 is 0 Å². The van der Waals surface area contributed by atoms with E-state index in [9.17, 15) is 9.18 Å². The van der Waals surface area contributed by atoms with Crippen molar-refractivity contribution in [2.24, 2.45) is 0 Å². The fourth-order valence-electron chi connectivity index (χ4n) is 1.88. The predicted molar refractivity (Wildman–Crippen MR) is 80.4 cm³/mol. The van der Waals surface area contributed by atoms with Crippen molar-refractivity contribution in [3.05, 3.63) is 58.4 Å². The third-order valence-electron chi connectivity index (χ3n) is 2.99. The van der Waals surface area contributed by atoms with Crippen molar-refractivity contribution in [1.82, 2.24) is 0 Å². The topological polar surface area (TPSA) is 69.6 Å². The fourth-order valence-corrected chi connectivity index (χ4v) is 2.11. The molecule has 7 heteroatoms. The van der Waals surface area contributed by atoms with Crippen molar-refractivity contribution < 1.29 is 19.2 Å². The lowest BCUT2D eigenvalue weighted by Crippen LogP contribution is -2.34. The van der Waals surface area contributed by atoms with E-state index in [2.05, 4.69) is 5.32 Å². The summed E-state index contributed by atoms with van der Waals surface area (Å²) in [4.78, 5) is 12.1. The Balaban J connectivity index is 2.31. The van der Waals surface area contributed by atoms with Crippen LogP contribution < -0.4 is 10.8 Å². The lowest BCUT2D eigenvalue weighted by Gasteiger charge is -2.11. The molecule has 1 amide bonds. The van der Waals surface area contributed by atoms with Crippen molar-refractivity contribution in [3.63, 3.8) is 0 Å². The molecule has 2 aromatic rings. The monoisotopic (exact) mass is 307 g/mol. The van der Waals surface area contributed by atoms with Crippen molar-refractivity contribution in [2.75, 3.05) is 5.32 Å². The zero-order valence-electron chi connectivity index (χ0n) is 11.1. The van der Waals surface area contributed by atoms with Gasteiger partial charge in [0.05, 0.1) is 5.56 Å². The Labute approximate surface area is 126 Å². The highest BCUT2D eigenvalue weighted by atomic mass is 35.5. The summed E-state index contributed by atoms with van der Waals surface area (Å²) in [6, 6.07) is 8.72. The lowest BCUT2D eigenvalue weighted by molar-refractivity contribution is 0.102. The molecular weight excluding hydrogens is 295 g/mol. The molecule has 0 aliphatic heterocycles. The van der Waals surface area contributed by atoms with Gasteiger partial charge in [-0.1, -0.05) is 23.7 Å². The van der Waals surface area contributed by atoms with Crippen LogP contribution in [0.15, 0.2) is 36.4 Å². The summed E-state index contributed by atoms with van der Waals surface area (Å²) in [5.74, 6) is -1.64. The summed E-state index contributed by atoms with van der Waals surface area (Å²) in [5.41, 5.74) is 0.610. The van der Waals surface area contributed by atoms with Gasteiger partial charge < -0.3 is 15.4 Å². The first kappa shape index (κ1) is 15.5. The lowest BCUT2D eigenvalue weighted by atomic mass is 9.79. The average Bonchev–Trinajstić information content (AvgIpc) is 2.41. The summed E-state index contributed by atoms with van der Waals surface area (Å²) in [5, 5.41) is 21.2. The molecule has 4 nitrogen and oxygen atoms in total. The molecule has 3 N–H and O–H groups in total. The van der Waals surface area contributed by atoms with Crippen molar-refractivity contribution in [2.45, 2.75) is 6.92 Å². The van der Waals surface area contributed by atoms with Gasteiger partial charge in [-0.25, -0.2) is 4.39 Å². The van der Waals surface area contributed by atoms with Gasteiger partial charge >= 0.3 is 7.12 Å². The molecule has 0 fully saturated rings. The van der Waals surface area contributed by atoms with Crippen LogP contribution >= 0.6 is 11.6 Å². The molecule has 0 saturated heterocycles. The zero-order chi connectivity index (χ0) is 15.6. The highest BCUT2D eigenvalue weighted by molar-refractivity contribution is 6.58. The number of carbonyl (C=O) groups excluding carboxylic acids is 1. The van der Waals surface area contributed by atoms with Crippen LogP contribution in [0.25, 0.3) is 0 Å². The van der Waals surface area contributed by atoms with Crippen LogP contribution in [0.2, 0.25) is 5.02 Å². The van der Waals surface area contributed by atoms with Gasteiger partial charge in [-0.05, 0) is 36.8 Å². The minimum Gasteiger partial charge on any atom is -0.423 e. The molecule has 0 spiro atoms. The first-order chi connectivity index (χ1) is 9.90. The number of hydrogen-bond acceptors (Lipinski definition) is 3. The summed E-state index contributed by atoms with van der Waals surface area (Å²) >= 11 is 5.82. The van der Waals surface area contributed by atoms with Gasteiger partial charge in [-0.15, -0.1) is 0 Å². The number of halogens is 2. The third kappa shape index (κ3) is 3.42. The third-order valence-corrected chi connectivity index (χ3v) is 3.22. The van der Waals surface area contributed by atoms with Gasteiger partial charge in [0.25, 0.3) is 5.91 Å². The van der Waals surface area contributed by atoms with E-state index in [1.165, 1.54) is 18.2 Å². The van der Waals surface area contributed by atoms with Crippen LogP contribution in [0.5, 0.6) is 0 Å². The number of rotatable bonds is 3. The van der Waals surface area contributed by atoms with Gasteiger partial charge in [0.1, 0.15) is 5.82 Å². The molecule has 0 unspecified atom stereocenters. The minimum atomic E-state index is -1.98. The molecule has 0 aromatic heterocycles. The van der Waals surface area contributed by atoms with Crippen molar-refractivity contribution in [1.29, 1.82) is 0 Å². The largest absolute Gasteiger partial charge is 0.491 e. The van der Waals surface area contributed by atoms with E-state index < -0.39 is 18.8 Å². The highest BCUT2D eigenvalue weighted by Gasteiger charge is 2.22. The first-order valence-electron chi connectivity index (χ1n) is 6.12. The molecule has 0 aliphatic rings. The molecule has 0 bridgehead atoms. The summed E-state index contributed by atoms with van der Waals surface area (Å²) < 4.78 is 14.0. The van der Waals surface area contributed by atoms with Gasteiger partial charge in [-0.2, -0.15) is 0 Å². The molecule has 0 radical (unpaired) electrons. The summed E-state index contributed by atoms with van der Waals surface area (Å²) in [7, 11) is -1.98. The number of hydrogen-bond donors (Lipinski definition) is 3. The number of aryl methyl sites for hydroxylation is 1. The number of benzene rings is 2.